The Balaban J connectivity index is 2.26. The molecule has 4 nitrogen and oxygen atoms in total. The third-order valence-electron chi connectivity index (χ3n) is 3.15. The van der Waals surface area contributed by atoms with Crippen LogP contribution in [0.25, 0.3) is 0 Å². The molecule has 0 radical (unpaired) electrons. The van der Waals surface area contributed by atoms with Crippen molar-refractivity contribution in [3.63, 3.8) is 0 Å². The molecule has 0 aliphatic heterocycles. The van der Waals surface area contributed by atoms with E-state index in [1.54, 1.807) is 24.3 Å². The predicted molar refractivity (Wildman–Crippen MR) is 80.9 cm³/mol. The summed E-state index contributed by atoms with van der Waals surface area (Å²) in [6.07, 6.45) is 3.56. The predicted octanol–water partition coefficient (Wildman–Crippen LogP) is 3.59. The molecule has 0 aromatic heterocycles. The minimum atomic E-state index is -0.0567. The van der Waals surface area contributed by atoms with Crippen molar-refractivity contribution < 1.29 is 9.59 Å². The minimum Gasteiger partial charge on any atom is -0.357 e. The average Bonchev–Trinajstić information content (AvgIpc) is 2.30. The molecule has 2 rings (SSSR count). The maximum absolute atomic E-state index is 11.7. The monoisotopic (exact) mass is 292 g/mol. The zero-order valence-electron chi connectivity index (χ0n) is 11.5. The van der Waals surface area contributed by atoms with E-state index >= 15 is 0 Å². The maximum Gasteiger partial charge on any atom is 0.211 e. The summed E-state index contributed by atoms with van der Waals surface area (Å²) in [7, 11) is 0. The SMILES string of the molecule is CC1(C)CC(=O)C=C(Nc2ccc(Cl)cc2NC=O)C1. The number of ketones is 1. The molecule has 0 atom stereocenters. The van der Waals surface area contributed by atoms with E-state index in [1.807, 2.05) is 0 Å². The van der Waals surface area contributed by atoms with Crippen molar-refractivity contribution >= 4 is 35.2 Å². The molecule has 0 saturated carbocycles. The third kappa shape index (κ3) is 3.61. The van der Waals surface area contributed by atoms with Crippen molar-refractivity contribution in [2.75, 3.05) is 10.6 Å². The van der Waals surface area contributed by atoms with E-state index in [2.05, 4.69) is 24.5 Å². The van der Waals surface area contributed by atoms with Crippen LogP contribution in [0.1, 0.15) is 26.7 Å². The Morgan fingerprint density at radius 1 is 1.25 bits per heavy atom. The molecule has 2 N–H and O–H groups in total. The normalized spacial score (nSPS) is 17.4. The number of nitrogens with one attached hydrogen (secondary N) is 2. The number of hydrogen-bond donors (Lipinski definition) is 2. The first kappa shape index (κ1) is 14.6. The fourth-order valence-corrected chi connectivity index (χ4v) is 2.58. The average molecular weight is 293 g/mol. The van der Waals surface area contributed by atoms with Gasteiger partial charge in [0.15, 0.2) is 5.78 Å². The summed E-state index contributed by atoms with van der Waals surface area (Å²) >= 11 is 5.91. The number of hydrogen-bond acceptors (Lipinski definition) is 3. The van der Waals surface area contributed by atoms with Gasteiger partial charge in [-0.15, -0.1) is 0 Å². The molecule has 0 fully saturated rings. The first-order valence-electron chi connectivity index (χ1n) is 6.40. The highest BCUT2D eigenvalue weighted by Gasteiger charge is 2.27. The van der Waals surface area contributed by atoms with Crippen LogP contribution in [0, 0.1) is 5.41 Å². The van der Waals surface area contributed by atoms with Gasteiger partial charge in [-0.05, 0) is 30.0 Å². The molecule has 0 unspecified atom stereocenters. The molecule has 1 aromatic rings. The van der Waals surface area contributed by atoms with E-state index in [-0.39, 0.29) is 11.2 Å². The summed E-state index contributed by atoms with van der Waals surface area (Å²) in [5.41, 5.74) is 2.10. The van der Waals surface area contributed by atoms with Crippen molar-refractivity contribution in [3.8, 4) is 0 Å². The van der Waals surface area contributed by atoms with Crippen molar-refractivity contribution in [1.82, 2.24) is 0 Å². The summed E-state index contributed by atoms with van der Waals surface area (Å²) in [5, 5.41) is 6.34. The molecule has 1 amide bonds. The molecule has 0 spiro atoms. The lowest BCUT2D eigenvalue weighted by Crippen LogP contribution is -2.24. The van der Waals surface area contributed by atoms with Crippen LogP contribution in [0.15, 0.2) is 30.0 Å². The Labute approximate surface area is 123 Å². The van der Waals surface area contributed by atoms with Gasteiger partial charge in [0.25, 0.3) is 0 Å². The molecular weight excluding hydrogens is 276 g/mol. The standard InChI is InChI=1S/C15H17ClN2O2/c1-15(2)7-11(6-12(20)8-15)18-13-4-3-10(16)5-14(13)17-9-19/h3-6,9,18H,7-8H2,1-2H3,(H,17,19). The third-order valence-corrected chi connectivity index (χ3v) is 3.38. The molecule has 106 valence electrons. The second kappa shape index (κ2) is 5.67. The highest BCUT2D eigenvalue weighted by molar-refractivity contribution is 6.31. The number of carbonyl (C=O) groups is 2. The van der Waals surface area contributed by atoms with Crippen LogP contribution >= 0.6 is 11.6 Å². The molecule has 5 heteroatoms. The molecular formula is C15H17ClN2O2. The highest BCUT2D eigenvalue weighted by atomic mass is 35.5. The van der Waals surface area contributed by atoms with Gasteiger partial charge in [-0.1, -0.05) is 25.4 Å². The van der Waals surface area contributed by atoms with Gasteiger partial charge in [-0.25, -0.2) is 0 Å². The van der Waals surface area contributed by atoms with E-state index in [9.17, 15) is 9.59 Å². The first-order valence-corrected chi connectivity index (χ1v) is 6.78. The van der Waals surface area contributed by atoms with Crippen molar-refractivity contribution in [3.05, 3.63) is 35.0 Å². The molecule has 0 heterocycles. The second-order valence-corrected chi connectivity index (χ2v) is 6.17. The Bertz CT molecular complexity index is 579. The van der Waals surface area contributed by atoms with E-state index in [0.29, 0.717) is 23.5 Å². The summed E-state index contributed by atoms with van der Waals surface area (Å²) in [6.45, 7) is 4.12. The number of carbonyl (C=O) groups excluding carboxylic acids is 2. The quantitative estimate of drug-likeness (QED) is 0.834. The second-order valence-electron chi connectivity index (χ2n) is 5.73. The van der Waals surface area contributed by atoms with Crippen LogP contribution in [-0.4, -0.2) is 12.2 Å². The molecule has 0 saturated heterocycles. The summed E-state index contributed by atoms with van der Waals surface area (Å²) in [4.78, 5) is 22.4. The van der Waals surface area contributed by atoms with Crippen LogP contribution in [0.5, 0.6) is 0 Å². The van der Waals surface area contributed by atoms with E-state index in [0.717, 1.165) is 17.8 Å². The Hall–Kier alpha value is -1.81. The Kier molecular flexibility index (Phi) is 4.14. The van der Waals surface area contributed by atoms with Crippen LogP contribution in [0.4, 0.5) is 11.4 Å². The van der Waals surface area contributed by atoms with Gasteiger partial charge in [-0.2, -0.15) is 0 Å². The molecule has 20 heavy (non-hydrogen) atoms. The molecule has 1 aliphatic carbocycles. The Morgan fingerprint density at radius 3 is 2.65 bits per heavy atom. The smallest absolute Gasteiger partial charge is 0.211 e. The van der Waals surface area contributed by atoms with E-state index in [1.165, 1.54) is 0 Å². The van der Waals surface area contributed by atoms with Gasteiger partial charge in [0.1, 0.15) is 0 Å². The van der Waals surface area contributed by atoms with Gasteiger partial charge in [0.2, 0.25) is 6.41 Å². The highest BCUT2D eigenvalue weighted by Crippen LogP contribution is 2.35. The maximum atomic E-state index is 11.7. The summed E-state index contributed by atoms with van der Waals surface area (Å²) in [5.74, 6) is 0.114. The zero-order chi connectivity index (χ0) is 14.8. The van der Waals surface area contributed by atoms with Crippen LogP contribution in [-0.2, 0) is 9.59 Å². The lowest BCUT2D eigenvalue weighted by molar-refractivity contribution is -0.117. The van der Waals surface area contributed by atoms with Gasteiger partial charge >= 0.3 is 0 Å². The number of halogens is 1. The van der Waals surface area contributed by atoms with Crippen LogP contribution in [0.3, 0.4) is 0 Å². The van der Waals surface area contributed by atoms with Gasteiger partial charge in [-0.3, -0.25) is 9.59 Å². The molecule has 1 aromatic carbocycles. The minimum absolute atomic E-state index is 0.0567. The lowest BCUT2D eigenvalue weighted by atomic mass is 9.79. The number of rotatable bonds is 4. The van der Waals surface area contributed by atoms with Crippen molar-refractivity contribution in [2.45, 2.75) is 26.7 Å². The van der Waals surface area contributed by atoms with Crippen molar-refractivity contribution in [2.24, 2.45) is 5.41 Å². The van der Waals surface area contributed by atoms with Gasteiger partial charge < -0.3 is 10.6 Å². The Morgan fingerprint density at radius 2 is 2.00 bits per heavy atom. The number of anilines is 2. The largest absolute Gasteiger partial charge is 0.357 e. The summed E-state index contributed by atoms with van der Waals surface area (Å²) < 4.78 is 0. The van der Waals surface area contributed by atoms with Crippen LogP contribution < -0.4 is 10.6 Å². The fourth-order valence-electron chi connectivity index (χ4n) is 2.41. The van der Waals surface area contributed by atoms with Gasteiger partial charge in [0.05, 0.1) is 11.4 Å². The van der Waals surface area contributed by atoms with Crippen molar-refractivity contribution in [1.29, 1.82) is 0 Å². The fraction of sp³-hybridized carbons (Fsp3) is 0.333. The topological polar surface area (TPSA) is 58.2 Å². The number of allylic oxidation sites excluding steroid dienone is 2. The van der Waals surface area contributed by atoms with Crippen LogP contribution in [0.2, 0.25) is 5.02 Å². The zero-order valence-corrected chi connectivity index (χ0v) is 12.3. The molecule has 1 aliphatic rings. The first-order chi connectivity index (χ1) is 9.39. The van der Waals surface area contributed by atoms with E-state index < -0.39 is 0 Å². The number of amides is 1. The van der Waals surface area contributed by atoms with E-state index in [4.69, 9.17) is 11.6 Å². The number of benzene rings is 1. The summed E-state index contributed by atoms with van der Waals surface area (Å²) in [6, 6.07) is 5.17. The van der Waals surface area contributed by atoms with Gasteiger partial charge in [0, 0.05) is 23.2 Å². The molecule has 0 bridgehead atoms. The lowest BCUT2D eigenvalue weighted by Gasteiger charge is -2.29.